The summed E-state index contributed by atoms with van der Waals surface area (Å²) < 4.78 is 0. The zero-order chi connectivity index (χ0) is 22.0. The highest BCUT2D eigenvalue weighted by atomic mass is 32.1. The lowest BCUT2D eigenvalue weighted by Gasteiger charge is -2.26. The minimum atomic E-state index is -0.297. The standard InChI is InChI=1S/C22H24N6O2S/c1-27(2)15-9-7-14(8-10-15)24-22(30)28-12-11-18-19(13-28)31-21(26-18)20(29)25-17-6-4-3-5-16(17)23/h3-10H,11-13,23H2,1-2H3,(H,24,30)(H,25,29). The molecule has 2 aromatic carbocycles. The summed E-state index contributed by atoms with van der Waals surface area (Å²) in [5, 5.41) is 6.11. The third-order valence-electron chi connectivity index (χ3n) is 5.06. The minimum absolute atomic E-state index is 0.167. The molecule has 3 aromatic rings. The number of carbonyl (C=O) groups is 2. The molecule has 0 radical (unpaired) electrons. The maximum Gasteiger partial charge on any atom is 0.322 e. The van der Waals surface area contributed by atoms with Crippen molar-refractivity contribution in [3.63, 3.8) is 0 Å². The van der Waals surface area contributed by atoms with E-state index in [0.717, 1.165) is 21.9 Å². The number of amides is 3. The molecule has 0 saturated heterocycles. The summed E-state index contributed by atoms with van der Waals surface area (Å²) in [5.74, 6) is -0.297. The molecule has 3 amide bonds. The van der Waals surface area contributed by atoms with Crippen LogP contribution < -0.4 is 21.3 Å². The van der Waals surface area contributed by atoms with Crippen LogP contribution in [0.3, 0.4) is 0 Å². The second-order valence-electron chi connectivity index (χ2n) is 7.47. The van der Waals surface area contributed by atoms with Crippen LogP contribution in [-0.4, -0.2) is 42.5 Å². The third-order valence-corrected chi connectivity index (χ3v) is 6.14. The lowest BCUT2D eigenvalue weighted by atomic mass is 10.2. The number of nitrogen functional groups attached to an aromatic ring is 1. The van der Waals surface area contributed by atoms with E-state index in [1.54, 1.807) is 17.0 Å². The Labute approximate surface area is 184 Å². The van der Waals surface area contributed by atoms with Gasteiger partial charge >= 0.3 is 6.03 Å². The van der Waals surface area contributed by atoms with Gasteiger partial charge in [0, 0.05) is 43.3 Å². The summed E-state index contributed by atoms with van der Waals surface area (Å²) in [5.41, 5.74) is 9.63. The smallest absolute Gasteiger partial charge is 0.322 e. The first kappa shape index (κ1) is 20.7. The lowest BCUT2D eigenvalue weighted by molar-refractivity contribution is 0.102. The van der Waals surface area contributed by atoms with E-state index in [1.807, 2.05) is 55.4 Å². The number of urea groups is 1. The molecule has 160 valence electrons. The lowest BCUT2D eigenvalue weighted by Crippen LogP contribution is -2.38. The molecule has 1 aliphatic heterocycles. The Kier molecular flexibility index (Phi) is 5.77. The van der Waals surface area contributed by atoms with Crippen molar-refractivity contribution < 1.29 is 9.59 Å². The van der Waals surface area contributed by atoms with E-state index in [2.05, 4.69) is 15.6 Å². The van der Waals surface area contributed by atoms with E-state index >= 15 is 0 Å². The molecule has 1 aromatic heterocycles. The number of rotatable bonds is 4. The van der Waals surface area contributed by atoms with E-state index in [4.69, 9.17) is 5.73 Å². The van der Waals surface area contributed by atoms with Crippen LogP contribution in [0.2, 0.25) is 0 Å². The van der Waals surface area contributed by atoms with E-state index in [0.29, 0.717) is 35.9 Å². The monoisotopic (exact) mass is 436 g/mol. The van der Waals surface area contributed by atoms with Gasteiger partial charge in [0.25, 0.3) is 5.91 Å². The largest absolute Gasteiger partial charge is 0.397 e. The first-order chi connectivity index (χ1) is 14.9. The maximum absolute atomic E-state index is 12.7. The number of carbonyl (C=O) groups excluding carboxylic acids is 2. The Morgan fingerprint density at radius 1 is 1.10 bits per heavy atom. The van der Waals surface area contributed by atoms with Gasteiger partial charge in [0.2, 0.25) is 0 Å². The van der Waals surface area contributed by atoms with E-state index < -0.39 is 0 Å². The SMILES string of the molecule is CN(C)c1ccc(NC(=O)N2CCc3nc(C(=O)Nc4ccccc4N)sc3C2)cc1. The van der Waals surface area contributed by atoms with Crippen molar-refractivity contribution in [1.29, 1.82) is 0 Å². The van der Waals surface area contributed by atoms with Gasteiger partial charge in [-0.05, 0) is 36.4 Å². The number of nitrogens with zero attached hydrogens (tertiary/aromatic N) is 3. The van der Waals surface area contributed by atoms with Crippen molar-refractivity contribution in [2.45, 2.75) is 13.0 Å². The molecule has 0 bridgehead atoms. The predicted molar refractivity (Wildman–Crippen MR) is 125 cm³/mol. The summed E-state index contributed by atoms with van der Waals surface area (Å²) >= 11 is 1.31. The van der Waals surface area contributed by atoms with E-state index in [-0.39, 0.29) is 11.9 Å². The van der Waals surface area contributed by atoms with Gasteiger partial charge in [-0.15, -0.1) is 11.3 Å². The summed E-state index contributed by atoms with van der Waals surface area (Å²) in [6.45, 7) is 0.973. The molecule has 8 nitrogen and oxygen atoms in total. The molecule has 9 heteroatoms. The number of hydrogen-bond donors (Lipinski definition) is 3. The zero-order valence-corrected chi connectivity index (χ0v) is 18.2. The Bertz CT molecular complexity index is 1110. The van der Waals surface area contributed by atoms with Crippen LogP contribution in [0.25, 0.3) is 0 Å². The van der Waals surface area contributed by atoms with Crippen LogP contribution >= 0.6 is 11.3 Å². The van der Waals surface area contributed by atoms with Gasteiger partial charge in [-0.25, -0.2) is 9.78 Å². The highest BCUT2D eigenvalue weighted by molar-refractivity contribution is 7.13. The van der Waals surface area contributed by atoms with Crippen LogP contribution in [0.15, 0.2) is 48.5 Å². The van der Waals surface area contributed by atoms with Crippen LogP contribution in [0.4, 0.5) is 27.5 Å². The topological polar surface area (TPSA) is 104 Å². The van der Waals surface area contributed by atoms with Crippen LogP contribution in [0.1, 0.15) is 20.4 Å². The van der Waals surface area contributed by atoms with Gasteiger partial charge < -0.3 is 26.2 Å². The molecule has 4 rings (SSSR count). The number of fused-ring (bicyclic) bond motifs is 1. The normalized spacial score (nSPS) is 12.8. The molecule has 0 spiro atoms. The second-order valence-corrected chi connectivity index (χ2v) is 8.56. The first-order valence-corrected chi connectivity index (χ1v) is 10.7. The minimum Gasteiger partial charge on any atom is -0.397 e. The predicted octanol–water partition coefficient (Wildman–Crippen LogP) is 3.63. The molecule has 0 saturated carbocycles. The fourth-order valence-electron chi connectivity index (χ4n) is 3.30. The van der Waals surface area contributed by atoms with Crippen molar-refractivity contribution in [3.8, 4) is 0 Å². The Hall–Kier alpha value is -3.59. The molecule has 4 N–H and O–H groups in total. The van der Waals surface area contributed by atoms with Crippen molar-refractivity contribution in [2.24, 2.45) is 0 Å². The third kappa shape index (κ3) is 4.61. The number of aromatic nitrogens is 1. The maximum atomic E-state index is 12.7. The Morgan fingerprint density at radius 3 is 2.55 bits per heavy atom. The number of nitrogens with two attached hydrogens (primary N) is 1. The number of nitrogens with one attached hydrogen (secondary N) is 2. The highest BCUT2D eigenvalue weighted by Gasteiger charge is 2.26. The van der Waals surface area contributed by atoms with Crippen LogP contribution in [-0.2, 0) is 13.0 Å². The van der Waals surface area contributed by atoms with Gasteiger partial charge in [0.15, 0.2) is 5.01 Å². The average Bonchev–Trinajstić information content (AvgIpc) is 3.19. The summed E-state index contributed by atoms with van der Waals surface area (Å²) in [4.78, 5) is 34.5. The highest BCUT2D eigenvalue weighted by Crippen LogP contribution is 2.27. The molecule has 2 heterocycles. The molecule has 0 aliphatic carbocycles. The summed E-state index contributed by atoms with van der Waals surface area (Å²) in [7, 11) is 3.94. The van der Waals surface area contributed by atoms with Crippen molar-refractivity contribution in [3.05, 3.63) is 64.1 Å². The quantitative estimate of drug-likeness (QED) is 0.542. The van der Waals surface area contributed by atoms with Gasteiger partial charge in [0.05, 0.1) is 23.6 Å². The second kappa shape index (κ2) is 8.65. The van der Waals surface area contributed by atoms with Crippen molar-refractivity contribution >= 4 is 46.0 Å². The van der Waals surface area contributed by atoms with E-state index in [1.165, 1.54) is 11.3 Å². The molecular weight excluding hydrogens is 412 g/mol. The molecule has 1 aliphatic rings. The fraction of sp³-hybridized carbons (Fsp3) is 0.227. The van der Waals surface area contributed by atoms with E-state index in [9.17, 15) is 9.59 Å². The Morgan fingerprint density at radius 2 is 1.84 bits per heavy atom. The van der Waals surface area contributed by atoms with Gasteiger partial charge in [-0.1, -0.05) is 12.1 Å². The number of thiazole rings is 1. The first-order valence-electron chi connectivity index (χ1n) is 9.88. The number of benzene rings is 2. The molecule has 0 atom stereocenters. The molecule has 31 heavy (non-hydrogen) atoms. The summed E-state index contributed by atoms with van der Waals surface area (Å²) in [6.07, 6.45) is 0.611. The molecular formula is C22H24N6O2S. The average molecular weight is 437 g/mol. The van der Waals surface area contributed by atoms with Gasteiger partial charge in [0.1, 0.15) is 0 Å². The number of para-hydroxylation sites is 2. The van der Waals surface area contributed by atoms with Gasteiger partial charge in [-0.2, -0.15) is 0 Å². The number of hydrogen-bond acceptors (Lipinski definition) is 6. The van der Waals surface area contributed by atoms with Crippen LogP contribution in [0, 0.1) is 0 Å². The van der Waals surface area contributed by atoms with Gasteiger partial charge in [-0.3, -0.25) is 4.79 Å². The molecule has 0 unspecified atom stereocenters. The fourth-order valence-corrected chi connectivity index (χ4v) is 4.32. The van der Waals surface area contributed by atoms with Crippen molar-refractivity contribution in [1.82, 2.24) is 9.88 Å². The van der Waals surface area contributed by atoms with Crippen LogP contribution in [0.5, 0.6) is 0 Å². The number of anilines is 4. The molecule has 0 fully saturated rings. The Balaban J connectivity index is 1.40. The zero-order valence-electron chi connectivity index (χ0n) is 17.4. The summed E-state index contributed by atoms with van der Waals surface area (Å²) in [6, 6.07) is 14.6. The van der Waals surface area contributed by atoms with Crippen molar-refractivity contribution in [2.75, 3.05) is 41.9 Å².